The van der Waals surface area contributed by atoms with E-state index in [1.165, 1.54) is 37.3 Å². The van der Waals surface area contributed by atoms with Crippen LogP contribution >= 0.6 is 0 Å². The van der Waals surface area contributed by atoms with Gasteiger partial charge in [-0.3, -0.25) is 19.3 Å². The summed E-state index contributed by atoms with van der Waals surface area (Å²) in [5, 5.41) is 19.0. The van der Waals surface area contributed by atoms with Gasteiger partial charge in [-0.2, -0.15) is 29.2 Å². The molecule has 0 saturated heterocycles. The molecule has 11 heteroatoms. The lowest BCUT2D eigenvalue weighted by Crippen LogP contribution is -2.50. The molecule has 0 fully saturated rings. The number of hydrogen-bond donors (Lipinski definition) is 1. The molecular weight excluding hydrogens is 465 g/mol. The minimum atomic E-state index is -4.69. The third-order valence-corrected chi connectivity index (χ3v) is 5.38. The van der Waals surface area contributed by atoms with Gasteiger partial charge in [0.2, 0.25) is 5.91 Å². The zero-order chi connectivity index (χ0) is 25.9. The van der Waals surface area contributed by atoms with Crippen LogP contribution in [0.15, 0.2) is 59.8 Å². The molecule has 1 heterocycles. The van der Waals surface area contributed by atoms with Crippen molar-refractivity contribution in [1.82, 2.24) is 5.48 Å². The Bertz CT molecular complexity index is 1300. The van der Waals surface area contributed by atoms with E-state index in [9.17, 15) is 32.8 Å². The molecule has 0 bridgehead atoms. The van der Waals surface area contributed by atoms with E-state index in [0.29, 0.717) is 11.1 Å². The van der Waals surface area contributed by atoms with Crippen LogP contribution in [0.25, 0.3) is 0 Å². The van der Waals surface area contributed by atoms with Crippen LogP contribution in [-0.4, -0.2) is 17.8 Å². The van der Waals surface area contributed by atoms with Crippen molar-refractivity contribution in [2.24, 2.45) is 5.92 Å². The van der Waals surface area contributed by atoms with Gasteiger partial charge in [-0.15, -0.1) is 0 Å². The number of nitrogens with one attached hydrogen (secondary N) is 1. The Labute approximate surface area is 197 Å². The summed E-state index contributed by atoms with van der Waals surface area (Å²) in [7, 11) is 0. The fourth-order valence-corrected chi connectivity index (χ4v) is 3.83. The number of amides is 2. The van der Waals surface area contributed by atoms with Gasteiger partial charge in [0.1, 0.15) is 5.92 Å². The highest BCUT2D eigenvalue weighted by Crippen LogP contribution is 2.43. The van der Waals surface area contributed by atoms with E-state index in [4.69, 9.17) is 5.26 Å². The number of nitriles is 2. The van der Waals surface area contributed by atoms with E-state index in [1.54, 1.807) is 0 Å². The molecule has 8 nitrogen and oxygen atoms in total. The first-order chi connectivity index (χ1) is 16.5. The number of anilines is 1. The molecular formula is C24H17F3N4O4. The number of rotatable bonds is 3. The van der Waals surface area contributed by atoms with Crippen LogP contribution in [-0.2, 0) is 25.4 Å². The lowest BCUT2D eigenvalue weighted by molar-refractivity contribution is -0.159. The third kappa shape index (κ3) is 4.99. The number of nitrogens with zero attached hydrogens (tertiary/aromatic N) is 3. The van der Waals surface area contributed by atoms with Gasteiger partial charge in [0, 0.05) is 24.2 Å². The van der Waals surface area contributed by atoms with Gasteiger partial charge in [0.25, 0.3) is 5.91 Å². The third-order valence-electron chi connectivity index (χ3n) is 5.38. The minimum Gasteiger partial charge on any atom is -0.341 e. The summed E-state index contributed by atoms with van der Waals surface area (Å²) in [6.45, 7) is 2.40. The predicted molar refractivity (Wildman–Crippen MR) is 115 cm³/mol. The quantitative estimate of drug-likeness (QED) is 0.526. The van der Waals surface area contributed by atoms with Crippen molar-refractivity contribution < 1.29 is 32.4 Å². The van der Waals surface area contributed by atoms with Gasteiger partial charge in [0.05, 0.1) is 28.8 Å². The van der Waals surface area contributed by atoms with Crippen molar-refractivity contribution in [3.63, 3.8) is 0 Å². The maximum absolute atomic E-state index is 13.6. The molecule has 3 rings (SSSR count). The lowest BCUT2D eigenvalue weighted by Gasteiger charge is -2.37. The smallest absolute Gasteiger partial charge is 0.341 e. The highest BCUT2D eigenvalue weighted by Gasteiger charge is 2.47. The van der Waals surface area contributed by atoms with Crippen LogP contribution in [0.4, 0.5) is 18.9 Å². The molecule has 2 atom stereocenters. The van der Waals surface area contributed by atoms with E-state index in [2.05, 4.69) is 4.84 Å². The largest absolute Gasteiger partial charge is 0.416 e. The molecule has 1 N–H and O–H groups in total. The monoisotopic (exact) mass is 482 g/mol. The van der Waals surface area contributed by atoms with Crippen molar-refractivity contribution in [1.29, 1.82) is 10.5 Å². The number of allylic oxidation sites excluding steroid dienone is 2. The van der Waals surface area contributed by atoms with E-state index >= 15 is 0 Å². The molecule has 0 spiro atoms. The summed E-state index contributed by atoms with van der Waals surface area (Å²) in [6, 6.07) is 13.6. The highest BCUT2D eigenvalue weighted by atomic mass is 19.4. The average molecular weight is 482 g/mol. The molecule has 0 aliphatic carbocycles. The summed E-state index contributed by atoms with van der Waals surface area (Å²) in [5.74, 6) is -5.71. The SMILES string of the molecule is CC(=O)ONC(=O)C1C(=O)N(c2cccc(C(F)(F)F)c2)C(C)=C(C#N)C1c1ccc(C#N)cc1. The van der Waals surface area contributed by atoms with Gasteiger partial charge < -0.3 is 4.84 Å². The number of alkyl halides is 3. The van der Waals surface area contributed by atoms with Gasteiger partial charge in [-0.25, -0.2) is 0 Å². The maximum atomic E-state index is 13.6. The Balaban J connectivity index is 2.21. The number of hydrogen-bond acceptors (Lipinski definition) is 6. The Morgan fingerprint density at radius 2 is 1.74 bits per heavy atom. The van der Waals surface area contributed by atoms with Crippen molar-refractivity contribution in [3.05, 3.63) is 76.5 Å². The van der Waals surface area contributed by atoms with Crippen LogP contribution in [0.5, 0.6) is 0 Å². The topological polar surface area (TPSA) is 123 Å². The van der Waals surface area contributed by atoms with E-state index in [-0.39, 0.29) is 17.0 Å². The summed E-state index contributed by atoms with van der Waals surface area (Å²) < 4.78 is 39.9. The van der Waals surface area contributed by atoms with Crippen molar-refractivity contribution in [2.45, 2.75) is 25.9 Å². The first kappa shape index (κ1) is 25.0. The molecule has 2 amide bonds. The summed E-state index contributed by atoms with van der Waals surface area (Å²) in [4.78, 5) is 43.2. The second-order valence-electron chi connectivity index (χ2n) is 7.58. The first-order valence-electron chi connectivity index (χ1n) is 10.1. The Morgan fingerprint density at radius 1 is 1.09 bits per heavy atom. The molecule has 0 radical (unpaired) electrons. The van der Waals surface area contributed by atoms with Gasteiger partial charge in [0.15, 0.2) is 0 Å². The van der Waals surface area contributed by atoms with Gasteiger partial charge in [-0.05, 0) is 42.8 Å². The molecule has 178 valence electrons. The number of halogens is 3. The Kier molecular flexibility index (Phi) is 6.92. The predicted octanol–water partition coefficient (Wildman–Crippen LogP) is 3.72. The number of carbonyl (C=O) groups excluding carboxylic acids is 3. The first-order valence-corrected chi connectivity index (χ1v) is 10.1. The van der Waals surface area contributed by atoms with Crippen molar-refractivity contribution in [2.75, 3.05) is 4.90 Å². The Hall–Kier alpha value is -4.64. The molecule has 1 aliphatic heterocycles. The lowest BCUT2D eigenvalue weighted by atomic mass is 9.76. The van der Waals surface area contributed by atoms with E-state index in [1.807, 2.05) is 17.6 Å². The second kappa shape index (κ2) is 9.69. The molecule has 1 aliphatic rings. The number of hydroxylamine groups is 1. The van der Waals surface area contributed by atoms with Crippen LogP contribution in [0, 0.1) is 28.6 Å². The standard InChI is InChI=1S/C24H17F3N4O4/c1-13-19(12-29)20(16-8-6-15(11-28)7-9-16)21(22(33)30-35-14(2)32)23(34)31(13)18-5-3-4-17(10-18)24(25,26)27/h3-10,20-21H,1-2H3,(H,30,33). The number of benzene rings is 2. The normalized spacial score (nSPS) is 17.9. The zero-order valence-electron chi connectivity index (χ0n) is 18.4. The van der Waals surface area contributed by atoms with Crippen molar-refractivity contribution in [3.8, 4) is 12.1 Å². The molecule has 0 saturated carbocycles. The average Bonchev–Trinajstić information content (AvgIpc) is 2.82. The summed E-state index contributed by atoms with van der Waals surface area (Å²) in [5.41, 5.74) is 1.25. The fourth-order valence-electron chi connectivity index (χ4n) is 3.83. The Morgan fingerprint density at radius 3 is 2.29 bits per heavy atom. The zero-order valence-corrected chi connectivity index (χ0v) is 18.4. The fraction of sp³-hybridized carbons (Fsp3) is 0.208. The van der Waals surface area contributed by atoms with Crippen LogP contribution in [0.3, 0.4) is 0 Å². The molecule has 2 aromatic rings. The summed E-state index contributed by atoms with van der Waals surface area (Å²) >= 11 is 0. The highest BCUT2D eigenvalue weighted by molar-refractivity contribution is 6.12. The van der Waals surface area contributed by atoms with Crippen LogP contribution in [0.1, 0.15) is 36.5 Å². The van der Waals surface area contributed by atoms with Crippen molar-refractivity contribution >= 4 is 23.5 Å². The molecule has 0 aromatic heterocycles. The van der Waals surface area contributed by atoms with Crippen LogP contribution < -0.4 is 10.4 Å². The van der Waals surface area contributed by atoms with Gasteiger partial charge >= 0.3 is 12.1 Å². The minimum absolute atomic E-state index is 0.0303. The molecule has 2 unspecified atom stereocenters. The maximum Gasteiger partial charge on any atom is 0.416 e. The molecule has 35 heavy (non-hydrogen) atoms. The second-order valence-corrected chi connectivity index (χ2v) is 7.58. The summed E-state index contributed by atoms with van der Waals surface area (Å²) in [6.07, 6.45) is -4.69. The van der Waals surface area contributed by atoms with E-state index in [0.717, 1.165) is 30.0 Å². The van der Waals surface area contributed by atoms with Crippen LogP contribution in [0.2, 0.25) is 0 Å². The van der Waals surface area contributed by atoms with Gasteiger partial charge in [-0.1, -0.05) is 18.2 Å². The van der Waals surface area contributed by atoms with E-state index < -0.39 is 41.4 Å². The number of carbonyl (C=O) groups is 3. The molecule has 2 aromatic carbocycles.